The maximum atomic E-state index is 12.1. The minimum atomic E-state index is -0.968. The maximum Gasteiger partial charge on any atom is 0.326 e. The number of H-pyrrole nitrogens is 1. The summed E-state index contributed by atoms with van der Waals surface area (Å²) in [7, 11) is 0. The molecular weight excluding hydrogens is 224 g/mol. The third-order valence-electron chi connectivity index (χ3n) is 3.06. The third kappa shape index (κ3) is 2.13. The van der Waals surface area contributed by atoms with Crippen molar-refractivity contribution in [2.75, 3.05) is 6.54 Å². The fourth-order valence-electron chi connectivity index (χ4n) is 2.24. The molecule has 1 aliphatic rings. The molecule has 2 heterocycles. The van der Waals surface area contributed by atoms with Gasteiger partial charge in [-0.05, 0) is 18.8 Å². The van der Waals surface area contributed by atoms with E-state index < -0.39 is 17.9 Å². The number of aliphatic carboxylic acids is 1. The van der Waals surface area contributed by atoms with Gasteiger partial charge in [-0.1, -0.05) is 6.92 Å². The number of nitrogens with zero attached hydrogens (tertiary/aromatic N) is 3. The van der Waals surface area contributed by atoms with E-state index in [2.05, 4.69) is 15.2 Å². The summed E-state index contributed by atoms with van der Waals surface area (Å²) in [6.45, 7) is 2.29. The fourth-order valence-corrected chi connectivity index (χ4v) is 2.24. The summed E-state index contributed by atoms with van der Waals surface area (Å²) in [5, 5.41) is 15.2. The van der Waals surface area contributed by atoms with Crippen molar-refractivity contribution in [2.45, 2.75) is 25.8 Å². The minimum Gasteiger partial charge on any atom is -0.480 e. The predicted octanol–water partition coefficient (Wildman–Crippen LogP) is 0.130. The van der Waals surface area contributed by atoms with Crippen LogP contribution in [0.25, 0.3) is 0 Å². The number of nitrogens with one attached hydrogen (secondary N) is 1. The molecule has 0 radical (unpaired) electrons. The molecule has 1 aliphatic heterocycles. The number of aromatic amines is 1. The molecular formula is C10H14N4O3. The Morgan fingerprint density at radius 3 is 2.94 bits per heavy atom. The number of carbonyl (C=O) groups excluding carboxylic acids is 1. The standard InChI is InChI=1S/C10H14N4O3/c1-6-3-2-4-14(7(6)10(16)17)9(15)8-11-5-12-13-8/h5-7H,2-4H2,1H3,(H,16,17)(H,11,12,13). The van der Waals surface area contributed by atoms with Crippen LogP contribution in [0.3, 0.4) is 0 Å². The minimum absolute atomic E-state index is 0.0480. The first kappa shape index (κ1) is 11.6. The Morgan fingerprint density at radius 2 is 2.35 bits per heavy atom. The van der Waals surface area contributed by atoms with Crippen LogP contribution in [0.1, 0.15) is 30.4 Å². The zero-order valence-electron chi connectivity index (χ0n) is 9.46. The molecule has 7 heteroatoms. The van der Waals surface area contributed by atoms with Crippen molar-refractivity contribution in [3.05, 3.63) is 12.2 Å². The van der Waals surface area contributed by atoms with Gasteiger partial charge in [-0.15, -0.1) is 0 Å². The van der Waals surface area contributed by atoms with Crippen LogP contribution in [-0.4, -0.2) is 49.7 Å². The molecule has 2 rings (SSSR count). The van der Waals surface area contributed by atoms with Gasteiger partial charge in [0.15, 0.2) is 0 Å². The monoisotopic (exact) mass is 238 g/mol. The third-order valence-corrected chi connectivity index (χ3v) is 3.06. The summed E-state index contributed by atoms with van der Waals surface area (Å²) < 4.78 is 0. The molecule has 0 bridgehead atoms. The molecule has 0 spiro atoms. The number of aromatic nitrogens is 3. The number of likely N-dealkylation sites (tertiary alicyclic amines) is 1. The lowest BCUT2D eigenvalue weighted by Gasteiger charge is -2.36. The van der Waals surface area contributed by atoms with Gasteiger partial charge in [-0.25, -0.2) is 9.78 Å². The van der Waals surface area contributed by atoms with Gasteiger partial charge >= 0.3 is 5.97 Å². The summed E-state index contributed by atoms with van der Waals surface area (Å²) in [6.07, 6.45) is 2.86. The van der Waals surface area contributed by atoms with Gasteiger partial charge in [-0.3, -0.25) is 9.89 Å². The van der Waals surface area contributed by atoms with E-state index in [1.165, 1.54) is 11.2 Å². The van der Waals surface area contributed by atoms with Crippen molar-refractivity contribution in [2.24, 2.45) is 5.92 Å². The zero-order chi connectivity index (χ0) is 12.4. The lowest BCUT2D eigenvalue weighted by Crippen LogP contribution is -2.52. The second kappa shape index (κ2) is 4.52. The van der Waals surface area contributed by atoms with Gasteiger partial charge in [-0.2, -0.15) is 5.10 Å². The van der Waals surface area contributed by atoms with E-state index in [0.29, 0.717) is 6.54 Å². The summed E-state index contributed by atoms with van der Waals surface area (Å²) in [6, 6.07) is -0.777. The van der Waals surface area contributed by atoms with Crippen LogP contribution in [-0.2, 0) is 4.79 Å². The van der Waals surface area contributed by atoms with Crippen molar-refractivity contribution in [3.8, 4) is 0 Å². The van der Waals surface area contributed by atoms with Gasteiger partial charge < -0.3 is 10.0 Å². The molecule has 0 saturated carbocycles. The molecule has 2 N–H and O–H groups in total. The van der Waals surface area contributed by atoms with Crippen molar-refractivity contribution in [1.29, 1.82) is 0 Å². The van der Waals surface area contributed by atoms with Gasteiger partial charge in [0.25, 0.3) is 5.91 Å². The Kier molecular flexibility index (Phi) is 3.08. The molecule has 1 saturated heterocycles. The van der Waals surface area contributed by atoms with E-state index in [1.807, 2.05) is 6.92 Å². The van der Waals surface area contributed by atoms with Crippen LogP contribution in [0.15, 0.2) is 6.33 Å². The number of carbonyl (C=O) groups is 2. The molecule has 2 atom stereocenters. The van der Waals surface area contributed by atoms with Gasteiger partial charge in [0.2, 0.25) is 5.82 Å². The average Bonchev–Trinajstić information content (AvgIpc) is 2.80. The van der Waals surface area contributed by atoms with Crippen molar-refractivity contribution in [1.82, 2.24) is 20.1 Å². The quantitative estimate of drug-likeness (QED) is 0.763. The predicted molar refractivity (Wildman–Crippen MR) is 57.2 cm³/mol. The average molecular weight is 238 g/mol. The Bertz CT molecular complexity index is 417. The van der Waals surface area contributed by atoms with Gasteiger partial charge in [0, 0.05) is 6.54 Å². The van der Waals surface area contributed by atoms with Gasteiger partial charge in [0.05, 0.1) is 0 Å². The summed E-state index contributed by atoms with van der Waals surface area (Å²) >= 11 is 0. The van der Waals surface area contributed by atoms with Crippen LogP contribution in [0.4, 0.5) is 0 Å². The molecule has 1 fully saturated rings. The highest BCUT2D eigenvalue weighted by Gasteiger charge is 2.38. The number of hydrogen-bond donors (Lipinski definition) is 2. The number of hydrogen-bond acceptors (Lipinski definition) is 4. The van der Waals surface area contributed by atoms with Gasteiger partial charge in [0.1, 0.15) is 12.4 Å². The van der Waals surface area contributed by atoms with E-state index in [9.17, 15) is 14.7 Å². The molecule has 1 amide bonds. The lowest BCUT2D eigenvalue weighted by molar-refractivity contribution is -0.145. The molecule has 17 heavy (non-hydrogen) atoms. The molecule has 1 aromatic rings. The highest BCUT2D eigenvalue weighted by Crippen LogP contribution is 2.24. The van der Waals surface area contributed by atoms with E-state index in [4.69, 9.17) is 0 Å². The van der Waals surface area contributed by atoms with Crippen molar-refractivity contribution in [3.63, 3.8) is 0 Å². The highest BCUT2D eigenvalue weighted by molar-refractivity contribution is 5.93. The number of carboxylic acids is 1. The fraction of sp³-hybridized carbons (Fsp3) is 0.600. The van der Waals surface area contributed by atoms with Crippen molar-refractivity contribution < 1.29 is 14.7 Å². The lowest BCUT2D eigenvalue weighted by atomic mass is 9.90. The first-order valence-corrected chi connectivity index (χ1v) is 5.50. The van der Waals surface area contributed by atoms with E-state index in [1.54, 1.807) is 0 Å². The second-order valence-corrected chi connectivity index (χ2v) is 4.24. The number of carboxylic acid groups (broad SMARTS) is 1. The normalized spacial score (nSPS) is 24.6. The van der Waals surface area contributed by atoms with Crippen LogP contribution in [0.2, 0.25) is 0 Å². The van der Waals surface area contributed by atoms with E-state index in [0.717, 1.165) is 12.8 Å². The molecule has 7 nitrogen and oxygen atoms in total. The molecule has 0 aliphatic carbocycles. The zero-order valence-corrected chi connectivity index (χ0v) is 9.46. The van der Waals surface area contributed by atoms with Crippen LogP contribution < -0.4 is 0 Å². The number of piperidine rings is 1. The Balaban J connectivity index is 2.23. The number of amides is 1. The molecule has 2 unspecified atom stereocenters. The summed E-state index contributed by atoms with van der Waals surface area (Å²) in [5.41, 5.74) is 0. The van der Waals surface area contributed by atoms with Crippen LogP contribution in [0, 0.1) is 5.92 Å². The van der Waals surface area contributed by atoms with Crippen molar-refractivity contribution >= 4 is 11.9 Å². The summed E-state index contributed by atoms with van der Waals surface area (Å²) in [5.74, 6) is -1.33. The smallest absolute Gasteiger partial charge is 0.326 e. The first-order valence-electron chi connectivity index (χ1n) is 5.50. The highest BCUT2D eigenvalue weighted by atomic mass is 16.4. The maximum absolute atomic E-state index is 12.1. The van der Waals surface area contributed by atoms with Crippen LogP contribution in [0.5, 0.6) is 0 Å². The topological polar surface area (TPSA) is 99.2 Å². The molecule has 92 valence electrons. The summed E-state index contributed by atoms with van der Waals surface area (Å²) in [4.78, 5) is 28.4. The Labute approximate surface area is 97.8 Å². The Morgan fingerprint density at radius 1 is 1.59 bits per heavy atom. The van der Waals surface area contributed by atoms with E-state index >= 15 is 0 Å². The largest absolute Gasteiger partial charge is 0.480 e. The molecule has 0 aromatic carbocycles. The van der Waals surface area contributed by atoms with Crippen LogP contribution >= 0.6 is 0 Å². The first-order chi connectivity index (χ1) is 8.11. The molecule has 1 aromatic heterocycles. The SMILES string of the molecule is CC1CCCN(C(=O)c2ncn[nH]2)C1C(=O)O. The second-order valence-electron chi connectivity index (χ2n) is 4.24. The number of rotatable bonds is 2. The Hall–Kier alpha value is -1.92. The van der Waals surface area contributed by atoms with E-state index in [-0.39, 0.29) is 11.7 Å².